The zero-order valence-corrected chi connectivity index (χ0v) is 35.1. The predicted octanol–water partition coefficient (Wildman–Crippen LogP) is 7.00. The van der Waals surface area contributed by atoms with Gasteiger partial charge in [-0.1, -0.05) is 126 Å². The van der Waals surface area contributed by atoms with E-state index in [9.17, 15) is 20.2 Å². The third-order valence-electron chi connectivity index (χ3n) is 10.5. The van der Waals surface area contributed by atoms with Gasteiger partial charge in [-0.15, -0.1) is 10.2 Å². The highest BCUT2D eigenvalue weighted by molar-refractivity contribution is 5.34. The van der Waals surface area contributed by atoms with Crippen molar-refractivity contribution in [2.24, 2.45) is 0 Å². The van der Waals surface area contributed by atoms with E-state index in [2.05, 4.69) is 20.6 Å². The zero-order chi connectivity index (χ0) is 44.8. The molecule has 1 aliphatic heterocycles. The summed E-state index contributed by atoms with van der Waals surface area (Å²) in [5.74, 6) is 0. The van der Waals surface area contributed by atoms with E-state index in [0.29, 0.717) is 24.5 Å². The Morgan fingerprint density at radius 1 is 0.492 bits per heavy atom. The fourth-order valence-electron chi connectivity index (χ4n) is 7.25. The molecule has 8 rings (SSSR count). The summed E-state index contributed by atoms with van der Waals surface area (Å²) in [6, 6.07) is 42.0. The van der Waals surface area contributed by atoms with Crippen LogP contribution in [0.3, 0.4) is 0 Å². The van der Waals surface area contributed by atoms with Gasteiger partial charge in [-0.25, -0.2) is 9.36 Å². The highest BCUT2D eigenvalue weighted by atomic mass is 16.7. The highest BCUT2D eigenvalue weighted by Gasteiger charge is 2.49. The second-order valence-corrected chi connectivity index (χ2v) is 15.3. The van der Waals surface area contributed by atoms with Crippen LogP contribution in [0.1, 0.15) is 39.2 Å². The molecule has 0 aliphatic carbocycles. The van der Waals surface area contributed by atoms with Crippen molar-refractivity contribution >= 4 is 11.4 Å². The number of aromatic nitrogens is 6. The lowest BCUT2D eigenvalue weighted by Crippen LogP contribution is -2.61. The summed E-state index contributed by atoms with van der Waals surface area (Å²) < 4.78 is 43.2. The summed E-state index contributed by atoms with van der Waals surface area (Å²) >= 11 is 0. The van der Waals surface area contributed by atoms with Gasteiger partial charge in [0.05, 0.1) is 75.0 Å². The molecular formula is C47H46N8O10. The molecule has 1 fully saturated rings. The molecule has 3 heterocycles. The van der Waals surface area contributed by atoms with Gasteiger partial charge in [-0.05, 0) is 27.8 Å². The van der Waals surface area contributed by atoms with Gasteiger partial charge >= 0.3 is 0 Å². The van der Waals surface area contributed by atoms with Crippen LogP contribution >= 0.6 is 0 Å². The minimum atomic E-state index is -0.993. The van der Waals surface area contributed by atoms with Gasteiger partial charge in [0.15, 0.2) is 6.29 Å². The molecule has 334 valence electrons. The fourth-order valence-corrected chi connectivity index (χ4v) is 7.25. The standard InChI is InChI=1S/C47H46N8O10/c56-54(57)41-20-16-34(17-21-41)24-52-26-39(48-50-52)31-60-33-43-44(61-28-36-10-4-1-5-11-36)45(62-29-37-12-6-2-7-13-37)46(63-30-38-14-8-3-9-15-38)47(65-43)64-32-40-27-53(51-49-40)25-35-18-22-42(23-19-35)55(58)59/h1-23,26-27,43-47H,24-25,28-33H2/t43-,44-,45+,46-,47+/m1/s1. The van der Waals surface area contributed by atoms with Gasteiger partial charge in [-0.3, -0.25) is 20.2 Å². The van der Waals surface area contributed by atoms with E-state index >= 15 is 0 Å². The van der Waals surface area contributed by atoms with Crippen LogP contribution in [0.25, 0.3) is 0 Å². The number of hydrogen-bond donors (Lipinski definition) is 0. The van der Waals surface area contributed by atoms with Gasteiger partial charge in [0.2, 0.25) is 0 Å². The van der Waals surface area contributed by atoms with E-state index in [1.54, 1.807) is 46.0 Å². The Kier molecular flexibility index (Phi) is 15.1. The predicted molar refractivity (Wildman–Crippen MR) is 233 cm³/mol. The van der Waals surface area contributed by atoms with Crippen molar-refractivity contribution in [3.8, 4) is 0 Å². The number of nitro groups is 2. The van der Waals surface area contributed by atoms with Crippen LogP contribution in [0.2, 0.25) is 0 Å². The topological polar surface area (TPSA) is 203 Å². The second kappa shape index (κ2) is 22.0. The molecule has 5 atom stereocenters. The average Bonchev–Trinajstić information content (AvgIpc) is 3.99. The first kappa shape index (κ1) is 44.5. The van der Waals surface area contributed by atoms with Crippen LogP contribution in [-0.4, -0.2) is 77.1 Å². The molecule has 0 spiro atoms. The largest absolute Gasteiger partial charge is 0.372 e. The van der Waals surface area contributed by atoms with E-state index in [4.69, 9.17) is 28.4 Å². The van der Waals surface area contributed by atoms with Crippen LogP contribution in [-0.2, 0) is 74.5 Å². The summed E-state index contributed by atoms with van der Waals surface area (Å²) in [5, 5.41) is 39.4. The number of nitro benzene ring substituents is 2. The van der Waals surface area contributed by atoms with E-state index in [1.165, 1.54) is 24.3 Å². The molecule has 0 radical (unpaired) electrons. The van der Waals surface area contributed by atoms with Crippen molar-refractivity contribution in [3.05, 3.63) is 211 Å². The monoisotopic (exact) mass is 882 g/mol. The van der Waals surface area contributed by atoms with Gasteiger partial charge in [0.25, 0.3) is 11.4 Å². The lowest BCUT2D eigenvalue weighted by atomic mass is 9.97. The molecule has 7 aromatic rings. The van der Waals surface area contributed by atoms with Gasteiger partial charge in [0.1, 0.15) is 35.8 Å². The Morgan fingerprint density at radius 2 is 0.923 bits per heavy atom. The Hall–Kier alpha value is -7.06. The fraction of sp³-hybridized carbons (Fsp3) is 0.277. The second-order valence-electron chi connectivity index (χ2n) is 15.3. The van der Waals surface area contributed by atoms with Crippen molar-refractivity contribution in [2.75, 3.05) is 6.61 Å². The third kappa shape index (κ3) is 12.6. The molecule has 5 aromatic carbocycles. The zero-order valence-electron chi connectivity index (χ0n) is 35.1. The van der Waals surface area contributed by atoms with E-state index in [-0.39, 0.29) is 51.0 Å². The maximum atomic E-state index is 11.2. The molecule has 0 N–H and O–H groups in total. The molecule has 1 saturated heterocycles. The number of benzene rings is 5. The van der Waals surface area contributed by atoms with Crippen LogP contribution in [0.5, 0.6) is 0 Å². The molecule has 0 saturated carbocycles. The summed E-state index contributed by atoms with van der Waals surface area (Å²) in [4.78, 5) is 21.4. The highest BCUT2D eigenvalue weighted by Crippen LogP contribution is 2.32. The van der Waals surface area contributed by atoms with Crippen molar-refractivity contribution in [2.45, 2.75) is 76.8 Å². The molecule has 0 bridgehead atoms. The Morgan fingerprint density at radius 3 is 1.38 bits per heavy atom. The summed E-state index contributed by atoms with van der Waals surface area (Å²) in [6.07, 6.45) is -0.456. The van der Waals surface area contributed by atoms with E-state index < -0.39 is 40.6 Å². The van der Waals surface area contributed by atoms with Crippen molar-refractivity contribution in [3.63, 3.8) is 0 Å². The van der Waals surface area contributed by atoms with Crippen LogP contribution in [0.4, 0.5) is 11.4 Å². The van der Waals surface area contributed by atoms with Crippen molar-refractivity contribution < 1.29 is 38.3 Å². The number of nitrogens with zero attached hydrogens (tertiary/aromatic N) is 8. The Balaban J connectivity index is 1.03. The number of hydrogen-bond acceptors (Lipinski definition) is 14. The van der Waals surface area contributed by atoms with Gasteiger partial charge in [0, 0.05) is 24.3 Å². The van der Waals surface area contributed by atoms with E-state index in [1.807, 2.05) is 91.0 Å². The molecular weight excluding hydrogens is 837 g/mol. The van der Waals surface area contributed by atoms with Crippen LogP contribution in [0, 0.1) is 20.2 Å². The van der Waals surface area contributed by atoms with Crippen LogP contribution < -0.4 is 0 Å². The average molecular weight is 883 g/mol. The lowest BCUT2D eigenvalue weighted by molar-refractivity contribution is -0.385. The van der Waals surface area contributed by atoms with Crippen LogP contribution in [0.15, 0.2) is 152 Å². The lowest BCUT2D eigenvalue weighted by Gasteiger charge is -2.45. The SMILES string of the molecule is O=[N+]([O-])c1ccc(Cn2cc(COC[C@H]3O[C@H](OCc4cn(Cc5ccc([N+](=O)[O-])cc5)nn4)[C@H](OCc4ccccc4)[C@@H](OCc4ccccc4)[C@@H]3OCc3ccccc3)nn2)cc1. The summed E-state index contributed by atoms with van der Waals surface area (Å²) in [7, 11) is 0. The maximum Gasteiger partial charge on any atom is 0.269 e. The minimum absolute atomic E-state index is 0.00249. The number of rotatable bonds is 22. The molecule has 18 nitrogen and oxygen atoms in total. The molecule has 65 heavy (non-hydrogen) atoms. The quantitative estimate of drug-likeness (QED) is 0.0497. The molecule has 2 aromatic heterocycles. The Bertz CT molecular complexity index is 2560. The maximum absolute atomic E-state index is 11.2. The van der Waals surface area contributed by atoms with E-state index in [0.717, 1.165) is 27.8 Å². The first-order valence-corrected chi connectivity index (χ1v) is 20.9. The summed E-state index contributed by atoms with van der Waals surface area (Å²) in [6.45, 7) is 1.58. The first-order valence-electron chi connectivity index (χ1n) is 20.9. The minimum Gasteiger partial charge on any atom is -0.372 e. The molecule has 18 heteroatoms. The van der Waals surface area contributed by atoms with Crippen molar-refractivity contribution in [1.29, 1.82) is 0 Å². The molecule has 0 amide bonds. The normalized spacial score (nSPS) is 18.4. The number of non-ortho nitro benzene ring substituents is 2. The molecule has 0 unspecified atom stereocenters. The van der Waals surface area contributed by atoms with Gasteiger partial charge < -0.3 is 28.4 Å². The first-order chi connectivity index (χ1) is 31.8. The molecule has 1 aliphatic rings. The number of ether oxygens (including phenoxy) is 6. The smallest absolute Gasteiger partial charge is 0.269 e. The van der Waals surface area contributed by atoms with Gasteiger partial charge in [-0.2, -0.15) is 0 Å². The Labute approximate surface area is 373 Å². The summed E-state index contributed by atoms with van der Waals surface area (Å²) in [5.41, 5.74) is 5.59. The third-order valence-corrected chi connectivity index (χ3v) is 10.5. The van der Waals surface area contributed by atoms with Crippen molar-refractivity contribution in [1.82, 2.24) is 30.0 Å².